The SMILES string of the molecule is CC(=O)Nc1ccc(CC(=O)OCc2ccc(C#N)cc2)cc1. The summed E-state index contributed by atoms with van der Waals surface area (Å²) in [6.07, 6.45) is 0.163. The Labute approximate surface area is 134 Å². The molecule has 0 bridgehead atoms. The van der Waals surface area contributed by atoms with Crippen molar-refractivity contribution in [2.24, 2.45) is 0 Å². The number of nitrogens with one attached hydrogen (secondary N) is 1. The quantitative estimate of drug-likeness (QED) is 0.861. The highest BCUT2D eigenvalue weighted by Gasteiger charge is 2.06. The molecule has 1 N–H and O–H groups in total. The van der Waals surface area contributed by atoms with Crippen LogP contribution in [0.3, 0.4) is 0 Å². The molecule has 0 radical (unpaired) electrons. The van der Waals surface area contributed by atoms with E-state index in [1.807, 2.05) is 6.07 Å². The van der Waals surface area contributed by atoms with Crippen molar-refractivity contribution in [3.05, 3.63) is 65.2 Å². The van der Waals surface area contributed by atoms with Crippen molar-refractivity contribution in [2.45, 2.75) is 20.0 Å². The lowest BCUT2D eigenvalue weighted by atomic mass is 10.1. The van der Waals surface area contributed by atoms with Crippen LogP contribution in [0.25, 0.3) is 0 Å². The number of anilines is 1. The molecule has 0 fully saturated rings. The van der Waals surface area contributed by atoms with E-state index in [-0.39, 0.29) is 24.9 Å². The molecule has 0 saturated carbocycles. The van der Waals surface area contributed by atoms with Gasteiger partial charge in [0.15, 0.2) is 0 Å². The minimum absolute atomic E-state index is 0.139. The van der Waals surface area contributed by atoms with Crippen LogP contribution in [-0.2, 0) is 27.4 Å². The van der Waals surface area contributed by atoms with Crippen LogP contribution in [0.15, 0.2) is 48.5 Å². The molecule has 2 aromatic carbocycles. The second-order valence-corrected chi connectivity index (χ2v) is 5.02. The van der Waals surface area contributed by atoms with E-state index in [1.165, 1.54) is 6.92 Å². The molecule has 2 aromatic rings. The predicted molar refractivity (Wildman–Crippen MR) is 85.4 cm³/mol. The molecule has 2 rings (SSSR count). The van der Waals surface area contributed by atoms with Gasteiger partial charge in [-0.25, -0.2) is 0 Å². The standard InChI is InChI=1S/C18H16N2O3/c1-13(21)20-17-8-6-14(7-9-17)10-18(22)23-12-16-4-2-15(11-19)3-5-16/h2-9H,10,12H2,1H3,(H,20,21). The van der Waals surface area contributed by atoms with E-state index in [4.69, 9.17) is 10.00 Å². The highest BCUT2D eigenvalue weighted by molar-refractivity contribution is 5.88. The van der Waals surface area contributed by atoms with Crippen LogP contribution in [0.2, 0.25) is 0 Å². The van der Waals surface area contributed by atoms with Gasteiger partial charge < -0.3 is 10.1 Å². The number of carbonyl (C=O) groups is 2. The summed E-state index contributed by atoms with van der Waals surface area (Å²) in [5.74, 6) is -0.471. The van der Waals surface area contributed by atoms with Crippen molar-refractivity contribution in [3.63, 3.8) is 0 Å². The Morgan fingerprint density at radius 2 is 1.65 bits per heavy atom. The first-order valence-corrected chi connectivity index (χ1v) is 7.08. The van der Waals surface area contributed by atoms with Gasteiger partial charge in [0.2, 0.25) is 5.91 Å². The lowest BCUT2D eigenvalue weighted by Crippen LogP contribution is -2.09. The Hall–Kier alpha value is -3.13. The first-order chi connectivity index (χ1) is 11.1. The normalized spacial score (nSPS) is 9.74. The lowest BCUT2D eigenvalue weighted by Gasteiger charge is -2.06. The molecule has 5 heteroatoms. The number of ether oxygens (including phenoxy) is 1. The molecule has 0 saturated heterocycles. The van der Waals surface area contributed by atoms with E-state index < -0.39 is 0 Å². The van der Waals surface area contributed by atoms with Crippen molar-refractivity contribution < 1.29 is 14.3 Å². The van der Waals surface area contributed by atoms with Crippen LogP contribution in [0.1, 0.15) is 23.6 Å². The van der Waals surface area contributed by atoms with Crippen LogP contribution in [0.5, 0.6) is 0 Å². The summed E-state index contributed by atoms with van der Waals surface area (Å²) >= 11 is 0. The molecule has 5 nitrogen and oxygen atoms in total. The monoisotopic (exact) mass is 308 g/mol. The van der Waals surface area contributed by atoms with Gasteiger partial charge in [0.25, 0.3) is 0 Å². The highest BCUT2D eigenvalue weighted by Crippen LogP contribution is 2.11. The van der Waals surface area contributed by atoms with E-state index in [0.717, 1.165) is 11.1 Å². The average molecular weight is 308 g/mol. The number of hydrogen-bond donors (Lipinski definition) is 1. The number of esters is 1. The van der Waals surface area contributed by atoms with Crippen molar-refractivity contribution in [3.8, 4) is 6.07 Å². The zero-order chi connectivity index (χ0) is 16.7. The van der Waals surface area contributed by atoms with E-state index in [1.54, 1.807) is 48.5 Å². The lowest BCUT2D eigenvalue weighted by molar-refractivity contribution is -0.144. The molecular formula is C18H16N2O3. The number of nitrogens with zero attached hydrogens (tertiary/aromatic N) is 1. The van der Waals surface area contributed by atoms with Gasteiger partial charge in [-0.1, -0.05) is 24.3 Å². The van der Waals surface area contributed by atoms with E-state index in [9.17, 15) is 9.59 Å². The van der Waals surface area contributed by atoms with E-state index in [2.05, 4.69) is 5.32 Å². The summed E-state index contributed by atoms with van der Waals surface area (Å²) < 4.78 is 5.21. The third-order valence-electron chi connectivity index (χ3n) is 3.11. The van der Waals surface area contributed by atoms with Gasteiger partial charge in [-0.05, 0) is 35.4 Å². The second kappa shape index (κ2) is 7.76. The number of hydrogen-bond acceptors (Lipinski definition) is 4. The molecule has 0 aliphatic carbocycles. The van der Waals surface area contributed by atoms with Crippen molar-refractivity contribution in [1.82, 2.24) is 0 Å². The van der Waals surface area contributed by atoms with Crippen molar-refractivity contribution in [1.29, 1.82) is 5.26 Å². The van der Waals surface area contributed by atoms with Gasteiger partial charge in [0.05, 0.1) is 18.1 Å². The third kappa shape index (κ3) is 5.29. The largest absolute Gasteiger partial charge is 0.461 e. The molecule has 0 unspecified atom stereocenters. The van der Waals surface area contributed by atoms with Crippen LogP contribution in [0.4, 0.5) is 5.69 Å². The molecule has 1 amide bonds. The van der Waals surface area contributed by atoms with Gasteiger partial charge in [0.1, 0.15) is 6.61 Å². The summed E-state index contributed by atoms with van der Waals surface area (Å²) in [7, 11) is 0. The number of carbonyl (C=O) groups excluding carboxylic acids is 2. The Morgan fingerprint density at radius 3 is 2.22 bits per heavy atom. The highest BCUT2D eigenvalue weighted by atomic mass is 16.5. The molecule has 0 heterocycles. The topological polar surface area (TPSA) is 79.2 Å². The summed E-state index contributed by atoms with van der Waals surface area (Å²) in [5.41, 5.74) is 2.90. The zero-order valence-corrected chi connectivity index (χ0v) is 12.7. The average Bonchev–Trinajstić information content (AvgIpc) is 2.55. The summed E-state index contributed by atoms with van der Waals surface area (Å²) in [4.78, 5) is 22.8. The first-order valence-electron chi connectivity index (χ1n) is 7.08. The smallest absolute Gasteiger partial charge is 0.310 e. The summed E-state index contributed by atoms with van der Waals surface area (Å²) in [6.45, 7) is 1.61. The van der Waals surface area contributed by atoms with Gasteiger partial charge >= 0.3 is 5.97 Å². The summed E-state index contributed by atoms with van der Waals surface area (Å²) in [6, 6.07) is 15.9. The molecule has 0 aliphatic rings. The Kier molecular flexibility index (Phi) is 5.48. The Balaban J connectivity index is 1.84. The fraction of sp³-hybridized carbons (Fsp3) is 0.167. The van der Waals surface area contributed by atoms with E-state index >= 15 is 0 Å². The predicted octanol–water partition coefficient (Wildman–Crippen LogP) is 2.80. The van der Waals surface area contributed by atoms with Crippen LogP contribution < -0.4 is 5.32 Å². The van der Waals surface area contributed by atoms with E-state index in [0.29, 0.717) is 11.3 Å². The number of amides is 1. The molecular weight excluding hydrogens is 292 g/mol. The fourth-order valence-corrected chi connectivity index (χ4v) is 1.97. The minimum atomic E-state index is -0.332. The molecule has 0 atom stereocenters. The number of rotatable bonds is 5. The third-order valence-corrected chi connectivity index (χ3v) is 3.11. The molecule has 116 valence electrons. The van der Waals surface area contributed by atoms with Crippen LogP contribution >= 0.6 is 0 Å². The van der Waals surface area contributed by atoms with Gasteiger partial charge in [0, 0.05) is 12.6 Å². The van der Waals surface area contributed by atoms with Crippen LogP contribution in [0, 0.1) is 11.3 Å². The minimum Gasteiger partial charge on any atom is -0.461 e. The number of benzene rings is 2. The maximum Gasteiger partial charge on any atom is 0.310 e. The van der Waals surface area contributed by atoms with Gasteiger partial charge in [-0.15, -0.1) is 0 Å². The summed E-state index contributed by atoms with van der Waals surface area (Å²) in [5, 5.41) is 11.4. The first kappa shape index (κ1) is 16.2. The van der Waals surface area contributed by atoms with Gasteiger partial charge in [-0.2, -0.15) is 5.26 Å². The Bertz CT molecular complexity index is 728. The van der Waals surface area contributed by atoms with Crippen LogP contribution in [-0.4, -0.2) is 11.9 Å². The Morgan fingerprint density at radius 1 is 1.04 bits per heavy atom. The molecule has 23 heavy (non-hydrogen) atoms. The van der Waals surface area contributed by atoms with Crippen molar-refractivity contribution in [2.75, 3.05) is 5.32 Å². The molecule has 0 aliphatic heterocycles. The maximum atomic E-state index is 11.8. The fourth-order valence-electron chi connectivity index (χ4n) is 1.97. The van der Waals surface area contributed by atoms with Gasteiger partial charge in [-0.3, -0.25) is 9.59 Å². The maximum absolute atomic E-state index is 11.8. The molecule has 0 aromatic heterocycles. The number of nitriles is 1. The second-order valence-electron chi connectivity index (χ2n) is 5.02. The molecule has 0 spiro atoms. The van der Waals surface area contributed by atoms with Crippen molar-refractivity contribution >= 4 is 17.6 Å². The zero-order valence-electron chi connectivity index (χ0n) is 12.7.